The molecule has 4 rings (SSSR count). The van der Waals surface area contributed by atoms with Gasteiger partial charge in [-0.05, 0) is 24.5 Å². The van der Waals surface area contributed by atoms with Gasteiger partial charge in [-0.1, -0.05) is 31.0 Å². The number of amides is 4. The molecule has 0 radical (unpaired) electrons. The van der Waals surface area contributed by atoms with Crippen LogP contribution < -0.4 is 5.32 Å². The Hall–Kier alpha value is -2.83. The molecule has 27 heavy (non-hydrogen) atoms. The Bertz CT molecular complexity index is 867. The largest absolute Gasteiger partial charge is 0.361 e. The number of nitrogens with zero attached hydrogens (tertiary/aromatic N) is 2. The highest BCUT2D eigenvalue weighted by Crippen LogP contribution is 2.21. The minimum absolute atomic E-state index is 0.145. The highest BCUT2D eigenvalue weighted by molar-refractivity contribution is 6.06. The third kappa shape index (κ3) is 3.54. The molecule has 3 heterocycles. The van der Waals surface area contributed by atoms with Gasteiger partial charge in [0.15, 0.2) is 0 Å². The van der Waals surface area contributed by atoms with Crippen molar-refractivity contribution in [3.63, 3.8) is 0 Å². The fourth-order valence-corrected chi connectivity index (χ4v) is 3.94. The van der Waals surface area contributed by atoms with E-state index in [0.717, 1.165) is 47.0 Å². The van der Waals surface area contributed by atoms with Crippen molar-refractivity contribution in [1.29, 1.82) is 0 Å². The number of carbonyl (C=O) groups excluding carboxylic acids is 3. The monoisotopic (exact) mass is 368 g/mol. The summed E-state index contributed by atoms with van der Waals surface area (Å²) in [4.78, 5) is 43.6. The normalized spacial score (nSPS) is 20.8. The standard InChI is InChI=1S/C20H24N4O3/c25-18(23-9-5-1-2-6-10-23)13-24-19(26)17(22-20(24)27)11-14-12-21-16-8-4-3-7-15(14)16/h3-4,7-8,12,17,21H,1-2,5-6,9-11,13H2,(H,22,27)/t17-/m0/s1. The average molecular weight is 368 g/mol. The number of para-hydroxylation sites is 1. The first-order valence-corrected chi connectivity index (χ1v) is 9.58. The number of H-pyrrole nitrogens is 1. The predicted molar refractivity (Wildman–Crippen MR) is 101 cm³/mol. The van der Waals surface area contributed by atoms with Crippen LogP contribution in [0, 0.1) is 0 Å². The van der Waals surface area contributed by atoms with Crippen molar-refractivity contribution in [2.24, 2.45) is 0 Å². The summed E-state index contributed by atoms with van der Waals surface area (Å²) in [6.07, 6.45) is 6.49. The summed E-state index contributed by atoms with van der Waals surface area (Å²) in [5.74, 6) is -0.471. The topological polar surface area (TPSA) is 85.5 Å². The van der Waals surface area contributed by atoms with Crippen molar-refractivity contribution in [3.8, 4) is 0 Å². The number of imide groups is 1. The number of urea groups is 1. The smallest absolute Gasteiger partial charge is 0.325 e. The summed E-state index contributed by atoms with van der Waals surface area (Å²) in [5, 5.41) is 3.77. The van der Waals surface area contributed by atoms with Crippen LogP contribution in [0.5, 0.6) is 0 Å². The maximum absolute atomic E-state index is 12.7. The molecule has 2 N–H and O–H groups in total. The van der Waals surface area contributed by atoms with Gasteiger partial charge < -0.3 is 15.2 Å². The molecule has 0 bridgehead atoms. The summed E-state index contributed by atoms with van der Waals surface area (Å²) in [6.45, 7) is 1.25. The van der Waals surface area contributed by atoms with Crippen LogP contribution in [0.25, 0.3) is 10.9 Å². The second-order valence-corrected chi connectivity index (χ2v) is 7.29. The van der Waals surface area contributed by atoms with E-state index in [9.17, 15) is 14.4 Å². The SMILES string of the molecule is O=C(CN1C(=O)N[C@@H](Cc2c[nH]c3ccccc23)C1=O)N1CCCCCC1. The van der Waals surface area contributed by atoms with Crippen molar-refractivity contribution >= 4 is 28.7 Å². The number of aromatic amines is 1. The third-order valence-electron chi connectivity index (χ3n) is 5.46. The molecule has 0 saturated carbocycles. The maximum Gasteiger partial charge on any atom is 0.325 e. The van der Waals surface area contributed by atoms with Gasteiger partial charge in [0.25, 0.3) is 5.91 Å². The van der Waals surface area contributed by atoms with Gasteiger partial charge in [0, 0.05) is 36.6 Å². The number of benzene rings is 1. The van der Waals surface area contributed by atoms with Crippen molar-refractivity contribution in [2.75, 3.05) is 19.6 Å². The Morgan fingerprint density at radius 2 is 1.81 bits per heavy atom. The molecule has 7 nitrogen and oxygen atoms in total. The Balaban J connectivity index is 1.43. The summed E-state index contributed by atoms with van der Waals surface area (Å²) in [7, 11) is 0. The first kappa shape index (κ1) is 17.6. The summed E-state index contributed by atoms with van der Waals surface area (Å²) >= 11 is 0. The van der Waals surface area contributed by atoms with Crippen LogP contribution in [-0.4, -0.2) is 58.3 Å². The fourth-order valence-electron chi connectivity index (χ4n) is 3.94. The van der Waals surface area contributed by atoms with Crippen LogP contribution in [0.4, 0.5) is 4.79 Å². The quantitative estimate of drug-likeness (QED) is 0.810. The van der Waals surface area contributed by atoms with Crippen molar-refractivity contribution in [2.45, 2.75) is 38.1 Å². The van der Waals surface area contributed by atoms with Gasteiger partial charge in [-0.2, -0.15) is 0 Å². The predicted octanol–water partition coefficient (Wildman–Crippen LogP) is 2.03. The molecule has 1 aromatic carbocycles. The first-order chi connectivity index (χ1) is 13.1. The van der Waals surface area contributed by atoms with Crippen molar-refractivity contribution < 1.29 is 14.4 Å². The van der Waals surface area contributed by atoms with E-state index < -0.39 is 12.1 Å². The molecule has 2 aliphatic rings. The lowest BCUT2D eigenvalue weighted by molar-refractivity contribution is -0.137. The second-order valence-electron chi connectivity index (χ2n) is 7.29. The average Bonchev–Trinajstić information content (AvgIpc) is 3.04. The molecule has 0 aliphatic carbocycles. The number of aromatic nitrogens is 1. The minimum atomic E-state index is -0.631. The van der Waals surface area contributed by atoms with Gasteiger partial charge in [0.1, 0.15) is 12.6 Å². The van der Waals surface area contributed by atoms with Crippen LogP contribution in [0.1, 0.15) is 31.2 Å². The number of hydrogen-bond donors (Lipinski definition) is 2. The highest BCUT2D eigenvalue weighted by atomic mass is 16.2. The molecule has 2 aliphatic heterocycles. The van der Waals surface area contributed by atoms with Crippen LogP contribution in [0.3, 0.4) is 0 Å². The Morgan fingerprint density at radius 1 is 1.07 bits per heavy atom. The molecule has 2 fully saturated rings. The number of rotatable bonds is 4. The molecule has 142 valence electrons. The van der Waals surface area contributed by atoms with Gasteiger partial charge in [-0.3, -0.25) is 14.5 Å². The zero-order valence-corrected chi connectivity index (χ0v) is 15.2. The second kappa shape index (κ2) is 7.42. The molecule has 7 heteroatoms. The summed E-state index contributed by atoms with van der Waals surface area (Å²) in [6, 6.07) is 6.74. The number of likely N-dealkylation sites (tertiary alicyclic amines) is 1. The molecule has 2 aromatic rings. The number of hydrogen-bond acceptors (Lipinski definition) is 3. The number of fused-ring (bicyclic) bond motifs is 1. The molecule has 0 unspecified atom stereocenters. The third-order valence-corrected chi connectivity index (χ3v) is 5.46. The van der Waals surface area contributed by atoms with Crippen molar-refractivity contribution in [3.05, 3.63) is 36.0 Å². The summed E-state index contributed by atoms with van der Waals surface area (Å²) in [5.41, 5.74) is 1.97. The van der Waals surface area contributed by atoms with E-state index in [1.807, 2.05) is 30.5 Å². The molecule has 4 amide bonds. The van der Waals surface area contributed by atoms with Crippen LogP contribution in [-0.2, 0) is 16.0 Å². The zero-order chi connectivity index (χ0) is 18.8. The highest BCUT2D eigenvalue weighted by Gasteiger charge is 2.39. The van der Waals surface area contributed by atoms with E-state index >= 15 is 0 Å². The molecule has 0 spiro atoms. The Morgan fingerprint density at radius 3 is 2.59 bits per heavy atom. The first-order valence-electron chi connectivity index (χ1n) is 9.58. The Kier molecular flexibility index (Phi) is 4.83. The molecular weight excluding hydrogens is 344 g/mol. The van der Waals surface area contributed by atoms with Crippen LogP contribution >= 0.6 is 0 Å². The van der Waals surface area contributed by atoms with E-state index in [0.29, 0.717) is 19.5 Å². The molecule has 2 saturated heterocycles. The maximum atomic E-state index is 12.7. The Labute approximate surface area is 157 Å². The van der Waals surface area contributed by atoms with E-state index in [-0.39, 0.29) is 18.4 Å². The van der Waals surface area contributed by atoms with Crippen LogP contribution in [0.2, 0.25) is 0 Å². The van der Waals surface area contributed by atoms with Crippen LogP contribution in [0.15, 0.2) is 30.5 Å². The molecule has 1 atom stereocenters. The van der Waals surface area contributed by atoms with Gasteiger partial charge in [-0.15, -0.1) is 0 Å². The van der Waals surface area contributed by atoms with Gasteiger partial charge in [0.2, 0.25) is 5.91 Å². The zero-order valence-electron chi connectivity index (χ0n) is 15.2. The van der Waals surface area contributed by atoms with Gasteiger partial charge >= 0.3 is 6.03 Å². The van der Waals surface area contributed by atoms with E-state index in [1.165, 1.54) is 0 Å². The fraction of sp³-hybridized carbons (Fsp3) is 0.450. The summed E-state index contributed by atoms with van der Waals surface area (Å²) < 4.78 is 0. The van der Waals surface area contributed by atoms with Gasteiger partial charge in [0.05, 0.1) is 0 Å². The van der Waals surface area contributed by atoms with E-state index in [4.69, 9.17) is 0 Å². The lowest BCUT2D eigenvalue weighted by atomic mass is 10.1. The number of nitrogens with one attached hydrogen (secondary N) is 2. The van der Waals surface area contributed by atoms with Crippen molar-refractivity contribution in [1.82, 2.24) is 20.1 Å². The number of carbonyl (C=O) groups is 3. The van der Waals surface area contributed by atoms with E-state index in [2.05, 4.69) is 10.3 Å². The minimum Gasteiger partial charge on any atom is -0.361 e. The van der Waals surface area contributed by atoms with Gasteiger partial charge in [-0.25, -0.2) is 4.79 Å². The molecule has 1 aromatic heterocycles. The van der Waals surface area contributed by atoms with E-state index in [1.54, 1.807) is 4.90 Å². The molecular formula is C20H24N4O3. The lowest BCUT2D eigenvalue weighted by Crippen LogP contribution is -2.43. The lowest BCUT2D eigenvalue weighted by Gasteiger charge is -2.22.